The summed E-state index contributed by atoms with van der Waals surface area (Å²) in [5, 5.41) is 3.87. The maximum Gasteiger partial charge on any atom is 0.263 e. The van der Waals surface area contributed by atoms with E-state index in [1.807, 2.05) is 18.2 Å². The molecule has 1 heterocycles. The van der Waals surface area contributed by atoms with Crippen LogP contribution in [-0.2, 0) is 62.9 Å². The summed E-state index contributed by atoms with van der Waals surface area (Å²) >= 11 is 0. The summed E-state index contributed by atoms with van der Waals surface area (Å²) in [7, 11) is 0. The quantitative estimate of drug-likeness (QED) is 0.178. The molecule has 270 valence electrons. The van der Waals surface area contributed by atoms with Crippen molar-refractivity contribution < 1.29 is 43.3 Å². The molecule has 0 spiro atoms. The van der Waals surface area contributed by atoms with Crippen LogP contribution >= 0.6 is 0 Å². The van der Waals surface area contributed by atoms with E-state index in [-0.39, 0.29) is 39.3 Å². The van der Waals surface area contributed by atoms with Crippen LogP contribution in [0.1, 0.15) is 16.7 Å². The van der Waals surface area contributed by atoms with Crippen LogP contribution in [0, 0.1) is 0 Å². The second-order valence-corrected chi connectivity index (χ2v) is 11.1. The molecule has 6 N–H and O–H groups in total. The Kier molecular flexibility index (Phi) is 15.4. The van der Waals surface area contributed by atoms with Gasteiger partial charge in [0.1, 0.15) is 0 Å². The molecule has 0 radical (unpaired) electrons. The van der Waals surface area contributed by atoms with E-state index >= 15 is 0 Å². The van der Waals surface area contributed by atoms with Crippen LogP contribution in [0.25, 0.3) is 0 Å². The first-order valence-corrected chi connectivity index (χ1v) is 15.7. The van der Waals surface area contributed by atoms with Gasteiger partial charge in [-0.3, -0.25) is 59.6 Å². The second kappa shape index (κ2) is 20.7. The van der Waals surface area contributed by atoms with E-state index in [2.05, 4.69) is 32.7 Å². The minimum atomic E-state index is -0.694. The lowest BCUT2D eigenvalue weighted by Gasteiger charge is -2.24. The number of hydrazine groups is 3. The van der Waals surface area contributed by atoms with Gasteiger partial charge in [-0.15, -0.1) is 0 Å². The zero-order valence-corrected chi connectivity index (χ0v) is 27.5. The number of rotatable bonds is 6. The minimum absolute atomic E-state index is 0.112. The third-order valence-electron chi connectivity index (χ3n) is 6.67. The largest absolute Gasteiger partial charge is 0.286 e. The second-order valence-electron chi connectivity index (χ2n) is 11.1. The molecular weight excluding hydrogens is 666 g/mol. The Morgan fingerprint density at radius 3 is 0.902 bits per heavy atom. The molecule has 4 rings (SSSR count). The van der Waals surface area contributed by atoms with Crippen LogP contribution in [0.2, 0.25) is 0 Å². The molecule has 1 fully saturated rings. The molecule has 18 heteroatoms. The Labute approximate surface area is 293 Å². The smallest absolute Gasteiger partial charge is 0.263 e. The van der Waals surface area contributed by atoms with Gasteiger partial charge in [0, 0.05) is 19.6 Å². The molecule has 1 saturated heterocycles. The fraction of sp³-hybridized carbons (Fsp3) is 0.273. The highest BCUT2D eigenvalue weighted by molar-refractivity contribution is 5.82. The molecule has 6 amide bonds. The van der Waals surface area contributed by atoms with Gasteiger partial charge in [0.15, 0.2) is 19.8 Å². The minimum Gasteiger partial charge on any atom is -0.286 e. The van der Waals surface area contributed by atoms with Crippen molar-refractivity contribution in [3.8, 4) is 0 Å². The third kappa shape index (κ3) is 15.1. The monoisotopic (exact) mass is 705 g/mol. The highest BCUT2D eigenvalue weighted by atomic mass is 16.7. The van der Waals surface area contributed by atoms with Crippen LogP contribution in [0.15, 0.2) is 91.0 Å². The van der Waals surface area contributed by atoms with E-state index in [1.165, 1.54) is 15.0 Å². The number of hydrogen-bond acceptors (Lipinski definition) is 12. The van der Waals surface area contributed by atoms with Gasteiger partial charge in [-0.2, -0.15) is 0 Å². The standard InChI is InChI=1S/C33H39N9O9/c43-28-19-40(16-25-10-4-1-5-11-25)34-31(46)22-49-38-29(44)20-41(17-26-12-6-2-7-13-26)36-33(48)24-51-39-30(45)21-42(35-32(47)23-50-37-28)18-27-14-8-3-9-15-27/h1-15H,16-24H2,(H,34,46)(H,35,47)(H,36,48)(H,37,43)(H,38,44)(H,39,45). The van der Waals surface area contributed by atoms with E-state index in [9.17, 15) is 28.8 Å². The van der Waals surface area contributed by atoms with Crippen molar-refractivity contribution in [2.75, 3.05) is 39.5 Å². The number of hydrogen-bond donors (Lipinski definition) is 6. The SMILES string of the molecule is O=C1CN(Cc2ccccc2)NC(=O)CONC(=O)CN(Cc2ccccc2)NC(=O)CONC(=O)CN(Cc2ccccc2)NC(=O)CON1. The Balaban J connectivity index is 1.46. The molecule has 51 heavy (non-hydrogen) atoms. The zero-order valence-electron chi connectivity index (χ0n) is 27.5. The predicted molar refractivity (Wildman–Crippen MR) is 177 cm³/mol. The summed E-state index contributed by atoms with van der Waals surface area (Å²) < 4.78 is 0. The Hall–Kier alpha value is -5.76. The van der Waals surface area contributed by atoms with Crippen molar-refractivity contribution in [3.05, 3.63) is 108 Å². The average Bonchev–Trinajstić information content (AvgIpc) is 3.09. The molecule has 0 aromatic heterocycles. The lowest BCUT2D eigenvalue weighted by atomic mass is 10.2. The van der Waals surface area contributed by atoms with Gasteiger partial charge >= 0.3 is 0 Å². The van der Waals surface area contributed by atoms with Gasteiger partial charge in [-0.25, -0.2) is 31.5 Å². The number of benzene rings is 3. The van der Waals surface area contributed by atoms with Crippen molar-refractivity contribution >= 4 is 35.4 Å². The van der Waals surface area contributed by atoms with E-state index < -0.39 is 55.3 Å². The van der Waals surface area contributed by atoms with Gasteiger partial charge in [0.2, 0.25) is 0 Å². The average molecular weight is 706 g/mol. The Bertz CT molecular complexity index is 1360. The molecule has 0 atom stereocenters. The summed E-state index contributed by atoms with van der Waals surface area (Å²) in [6.07, 6.45) is 0. The number of nitrogens with one attached hydrogen (secondary N) is 6. The number of nitrogens with zero attached hydrogens (tertiary/aromatic N) is 3. The van der Waals surface area contributed by atoms with Crippen molar-refractivity contribution in [2.24, 2.45) is 0 Å². The molecule has 18 nitrogen and oxygen atoms in total. The number of carbonyl (C=O) groups excluding carboxylic acids is 6. The van der Waals surface area contributed by atoms with Crippen molar-refractivity contribution in [2.45, 2.75) is 19.6 Å². The molecule has 3 aromatic carbocycles. The van der Waals surface area contributed by atoms with E-state index in [1.54, 1.807) is 72.8 Å². The van der Waals surface area contributed by atoms with Crippen LogP contribution in [0.5, 0.6) is 0 Å². The third-order valence-corrected chi connectivity index (χ3v) is 6.67. The molecule has 3 aromatic rings. The number of carbonyl (C=O) groups is 6. The normalized spacial score (nSPS) is 17.9. The first-order valence-electron chi connectivity index (χ1n) is 15.7. The first-order chi connectivity index (χ1) is 24.7. The first kappa shape index (κ1) is 38.0. The summed E-state index contributed by atoms with van der Waals surface area (Å²) in [6.45, 7) is -2.67. The van der Waals surface area contributed by atoms with Gasteiger partial charge in [-0.05, 0) is 16.7 Å². The Morgan fingerprint density at radius 1 is 0.392 bits per heavy atom. The van der Waals surface area contributed by atoms with E-state index in [0.29, 0.717) is 0 Å². The number of hydroxylamine groups is 3. The topological polar surface area (TPSA) is 212 Å². The molecule has 0 aliphatic carbocycles. The highest BCUT2D eigenvalue weighted by Crippen LogP contribution is 2.05. The lowest BCUT2D eigenvalue weighted by Crippen LogP contribution is -2.51. The molecule has 0 bridgehead atoms. The van der Waals surface area contributed by atoms with Crippen molar-refractivity contribution in [1.29, 1.82) is 0 Å². The van der Waals surface area contributed by atoms with Crippen molar-refractivity contribution in [3.63, 3.8) is 0 Å². The van der Waals surface area contributed by atoms with Gasteiger partial charge in [0.05, 0.1) is 19.6 Å². The van der Waals surface area contributed by atoms with Crippen molar-refractivity contribution in [1.82, 2.24) is 47.7 Å². The molecular formula is C33H39N9O9. The Morgan fingerprint density at radius 2 is 0.647 bits per heavy atom. The summed E-state index contributed by atoms with van der Waals surface area (Å²) in [6, 6.07) is 26.9. The maximum absolute atomic E-state index is 12.7. The molecule has 1 aliphatic heterocycles. The molecule has 0 saturated carbocycles. The van der Waals surface area contributed by atoms with Crippen LogP contribution < -0.4 is 32.7 Å². The van der Waals surface area contributed by atoms with Crippen LogP contribution in [0.4, 0.5) is 0 Å². The fourth-order valence-corrected chi connectivity index (χ4v) is 4.61. The van der Waals surface area contributed by atoms with E-state index in [0.717, 1.165) is 16.7 Å². The van der Waals surface area contributed by atoms with Gasteiger partial charge in [0.25, 0.3) is 35.4 Å². The molecule has 0 unspecified atom stereocenters. The highest BCUT2D eigenvalue weighted by Gasteiger charge is 2.20. The van der Waals surface area contributed by atoms with E-state index in [4.69, 9.17) is 14.5 Å². The van der Waals surface area contributed by atoms with Crippen LogP contribution in [0.3, 0.4) is 0 Å². The molecule has 1 aliphatic rings. The predicted octanol–water partition coefficient (Wildman–Crippen LogP) is -1.26. The summed E-state index contributed by atoms with van der Waals surface area (Å²) in [5.74, 6) is -4.16. The number of amides is 6. The maximum atomic E-state index is 12.7. The zero-order chi connectivity index (χ0) is 36.3. The van der Waals surface area contributed by atoms with Gasteiger partial charge < -0.3 is 0 Å². The lowest BCUT2D eigenvalue weighted by molar-refractivity contribution is -0.146. The van der Waals surface area contributed by atoms with Crippen LogP contribution in [-0.4, -0.2) is 89.9 Å². The summed E-state index contributed by atoms with van der Waals surface area (Å²) in [4.78, 5) is 91.6. The summed E-state index contributed by atoms with van der Waals surface area (Å²) in [5.41, 5.74) is 16.4. The fourth-order valence-electron chi connectivity index (χ4n) is 4.61. The van der Waals surface area contributed by atoms with Gasteiger partial charge in [-0.1, -0.05) is 91.0 Å².